The molecule has 1 fully saturated rings. The number of rotatable bonds is 21. The Morgan fingerprint density at radius 1 is 0.860 bits per heavy atom. The second-order valence-corrected chi connectivity index (χ2v) is 13.9. The quantitative estimate of drug-likeness (QED) is 0.0749. The highest BCUT2D eigenvalue weighted by molar-refractivity contribution is 6.17. The van der Waals surface area contributed by atoms with Gasteiger partial charge in [-0.1, -0.05) is 63.8 Å². The van der Waals surface area contributed by atoms with Crippen molar-refractivity contribution < 1.29 is 34.5 Å². The number of carbonyl (C=O) groups is 4. The van der Waals surface area contributed by atoms with Gasteiger partial charge in [0.25, 0.3) is 0 Å². The second kappa shape index (κ2) is 20.7. The molecule has 0 radical (unpaired) electrons. The first kappa shape index (κ1) is 40.6. The van der Waals surface area contributed by atoms with Crippen molar-refractivity contribution in [2.45, 2.75) is 108 Å². The number of carboxylic acid groups (broad SMARTS) is 1. The minimum absolute atomic E-state index is 0.0187. The molecule has 8 N–H and O–H groups in total. The van der Waals surface area contributed by atoms with Crippen LogP contribution in [0.25, 0.3) is 0 Å². The largest absolute Gasteiger partial charge is 0.508 e. The van der Waals surface area contributed by atoms with Crippen molar-refractivity contribution in [1.29, 1.82) is 0 Å². The van der Waals surface area contributed by atoms with E-state index in [0.29, 0.717) is 42.9 Å². The average molecular weight is 716 g/mol. The Balaban J connectivity index is 1.69. The van der Waals surface area contributed by atoms with Crippen LogP contribution in [0.3, 0.4) is 0 Å². The van der Waals surface area contributed by atoms with Crippen molar-refractivity contribution in [1.82, 2.24) is 20.9 Å². The number of benzene rings is 2. The molecule has 50 heavy (non-hydrogen) atoms. The minimum atomic E-state index is -1.31. The van der Waals surface area contributed by atoms with E-state index in [-0.39, 0.29) is 42.2 Å². The van der Waals surface area contributed by atoms with Crippen LogP contribution in [0.15, 0.2) is 48.5 Å². The lowest BCUT2D eigenvalue weighted by molar-refractivity contribution is -0.143. The van der Waals surface area contributed by atoms with Crippen LogP contribution >= 0.6 is 11.6 Å². The number of hydrogen-bond donors (Lipinski definition) is 7. The van der Waals surface area contributed by atoms with E-state index in [4.69, 9.17) is 17.3 Å². The van der Waals surface area contributed by atoms with E-state index in [1.807, 2.05) is 13.8 Å². The van der Waals surface area contributed by atoms with Gasteiger partial charge in [-0.15, -0.1) is 11.6 Å². The molecular formula is C37H54ClN5O7. The number of amides is 3. The van der Waals surface area contributed by atoms with Gasteiger partial charge in [-0.3, -0.25) is 14.4 Å². The molecule has 5 unspecified atom stereocenters. The topological polar surface area (TPSA) is 194 Å². The van der Waals surface area contributed by atoms with Gasteiger partial charge in [-0.05, 0) is 67.0 Å². The SMILES string of the molecule is CC(C)C(NCC(N)CCCCCCCCl)C(=O)N1CCCC1C(=O)NC(Cc1ccc(O)cc1)C(=O)NC(Cc1ccc(O)cc1)C(=O)O. The molecule has 5 atom stereocenters. The Hall–Kier alpha value is -3.87. The number of phenolic OH excluding ortho intramolecular Hbond substituents is 2. The van der Waals surface area contributed by atoms with Crippen molar-refractivity contribution in [2.24, 2.45) is 11.7 Å². The molecule has 0 aliphatic carbocycles. The maximum atomic E-state index is 13.9. The van der Waals surface area contributed by atoms with Gasteiger partial charge in [0.1, 0.15) is 29.6 Å². The molecule has 1 saturated heterocycles. The van der Waals surface area contributed by atoms with Crippen molar-refractivity contribution in [3.63, 3.8) is 0 Å². The normalized spacial score (nSPS) is 16.8. The summed E-state index contributed by atoms with van der Waals surface area (Å²) in [6.45, 7) is 4.74. The molecule has 0 spiro atoms. The predicted octanol–water partition coefficient (Wildman–Crippen LogP) is 3.45. The molecule has 3 rings (SSSR count). The summed E-state index contributed by atoms with van der Waals surface area (Å²) in [4.78, 5) is 55.1. The van der Waals surface area contributed by atoms with E-state index in [0.717, 1.165) is 38.5 Å². The Morgan fingerprint density at radius 3 is 1.98 bits per heavy atom. The van der Waals surface area contributed by atoms with E-state index in [2.05, 4.69) is 16.0 Å². The summed E-state index contributed by atoms with van der Waals surface area (Å²) in [5.74, 6) is -2.00. The standard InChI is InChI=1S/C37H54ClN5O7/c1-24(2)33(40-23-27(39)9-6-4-3-5-7-19-38)36(48)43-20-8-10-32(43)35(47)41-30(21-25-11-15-28(44)16-12-25)34(46)42-31(37(49)50)22-26-13-17-29(45)18-14-26/h11-18,24,27,30-33,40,44-45H,3-10,19-23,39H2,1-2H3,(H,41,47)(H,42,46)(H,49,50). The Bertz CT molecular complexity index is 1380. The zero-order chi connectivity index (χ0) is 36.6. The summed E-state index contributed by atoms with van der Waals surface area (Å²) >= 11 is 5.75. The Kier molecular flexibility index (Phi) is 16.8. The van der Waals surface area contributed by atoms with Crippen molar-refractivity contribution in [3.8, 4) is 11.5 Å². The van der Waals surface area contributed by atoms with Crippen LogP contribution in [0, 0.1) is 5.92 Å². The van der Waals surface area contributed by atoms with E-state index in [1.54, 1.807) is 29.2 Å². The maximum Gasteiger partial charge on any atom is 0.326 e. The number of alkyl halides is 1. The summed E-state index contributed by atoms with van der Waals surface area (Å²) in [7, 11) is 0. The van der Waals surface area contributed by atoms with Gasteiger partial charge in [-0.2, -0.15) is 0 Å². The zero-order valence-electron chi connectivity index (χ0n) is 29.2. The number of nitrogens with zero attached hydrogens (tertiary/aromatic N) is 1. The van der Waals surface area contributed by atoms with Crippen LogP contribution in [0.2, 0.25) is 0 Å². The summed E-state index contributed by atoms with van der Waals surface area (Å²) in [6, 6.07) is 8.19. The molecule has 3 amide bonds. The van der Waals surface area contributed by atoms with E-state index in [9.17, 15) is 34.5 Å². The van der Waals surface area contributed by atoms with Gasteiger partial charge < -0.3 is 41.9 Å². The number of aromatic hydroxyl groups is 2. The molecule has 0 aromatic heterocycles. The lowest BCUT2D eigenvalue weighted by atomic mass is 10.0. The molecule has 2 aromatic rings. The average Bonchev–Trinajstić information content (AvgIpc) is 3.58. The van der Waals surface area contributed by atoms with Crippen LogP contribution in [-0.2, 0) is 32.0 Å². The molecule has 1 aliphatic rings. The highest BCUT2D eigenvalue weighted by atomic mass is 35.5. The number of carbonyl (C=O) groups excluding carboxylic acids is 3. The van der Waals surface area contributed by atoms with Crippen LogP contribution < -0.4 is 21.7 Å². The van der Waals surface area contributed by atoms with Crippen molar-refractivity contribution in [3.05, 3.63) is 59.7 Å². The van der Waals surface area contributed by atoms with E-state index < -0.39 is 42.0 Å². The Morgan fingerprint density at radius 2 is 1.42 bits per heavy atom. The summed E-state index contributed by atoms with van der Waals surface area (Å²) in [6.07, 6.45) is 7.17. The van der Waals surface area contributed by atoms with Crippen LogP contribution in [0.5, 0.6) is 11.5 Å². The summed E-state index contributed by atoms with van der Waals surface area (Å²) in [5, 5.41) is 37.9. The van der Waals surface area contributed by atoms with Crippen LogP contribution in [-0.4, -0.2) is 93.1 Å². The first-order chi connectivity index (χ1) is 23.9. The lowest BCUT2D eigenvalue weighted by Crippen LogP contribution is -2.58. The number of carboxylic acids is 1. The molecule has 13 heteroatoms. The molecule has 1 aliphatic heterocycles. The highest BCUT2D eigenvalue weighted by Gasteiger charge is 2.39. The second-order valence-electron chi connectivity index (χ2n) is 13.5. The molecule has 2 aromatic carbocycles. The molecule has 1 heterocycles. The summed E-state index contributed by atoms with van der Waals surface area (Å²) in [5.41, 5.74) is 7.59. The predicted molar refractivity (Wildman–Crippen MR) is 193 cm³/mol. The highest BCUT2D eigenvalue weighted by Crippen LogP contribution is 2.22. The third-order valence-corrected chi connectivity index (χ3v) is 9.35. The van der Waals surface area contributed by atoms with E-state index >= 15 is 0 Å². The van der Waals surface area contributed by atoms with Gasteiger partial charge >= 0.3 is 5.97 Å². The smallest absolute Gasteiger partial charge is 0.326 e. The van der Waals surface area contributed by atoms with Crippen LogP contribution in [0.1, 0.15) is 76.3 Å². The third-order valence-electron chi connectivity index (χ3n) is 9.08. The fraction of sp³-hybridized carbons (Fsp3) is 0.568. The Labute approximate surface area is 300 Å². The van der Waals surface area contributed by atoms with Gasteiger partial charge in [0.05, 0.1) is 6.04 Å². The first-order valence-electron chi connectivity index (χ1n) is 17.6. The van der Waals surface area contributed by atoms with Crippen LogP contribution in [0.4, 0.5) is 0 Å². The van der Waals surface area contributed by atoms with Gasteiger partial charge in [0.2, 0.25) is 17.7 Å². The monoisotopic (exact) mass is 715 g/mol. The fourth-order valence-corrected chi connectivity index (χ4v) is 6.38. The number of nitrogens with one attached hydrogen (secondary N) is 3. The third kappa shape index (κ3) is 13.1. The maximum absolute atomic E-state index is 13.9. The van der Waals surface area contributed by atoms with Crippen molar-refractivity contribution in [2.75, 3.05) is 19.0 Å². The number of phenols is 2. The van der Waals surface area contributed by atoms with Gasteiger partial charge in [-0.25, -0.2) is 4.79 Å². The van der Waals surface area contributed by atoms with Crippen molar-refractivity contribution >= 4 is 35.3 Å². The molecule has 12 nitrogen and oxygen atoms in total. The summed E-state index contributed by atoms with van der Waals surface area (Å²) < 4.78 is 0. The van der Waals surface area contributed by atoms with Gasteiger partial charge in [0, 0.05) is 37.9 Å². The van der Waals surface area contributed by atoms with Gasteiger partial charge in [0.15, 0.2) is 0 Å². The zero-order valence-corrected chi connectivity index (χ0v) is 29.9. The molecule has 0 saturated carbocycles. The number of aliphatic carboxylic acids is 1. The molecular weight excluding hydrogens is 662 g/mol. The lowest BCUT2D eigenvalue weighted by Gasteiger charge is -2.32. The molecule has 0 bridgehead atoms. The first-order valence-corrected chi connectivity index (χ1v) is 18.2. The number of hydrogen-bond acceptors (Lipinski definition) is 8. The number of halogens is 1. The van der Waals surface area contributed by atoms with E-state index in [1.165, 1.54) is 24.3 Å². The number of likely N-dealkylation sites (tertiary alicyclic amines) is 1. The number of unbranched alkanes of at least 4 members (excludes halogenated alkanes) is 4. The minimum Gasteiger partial charge on any atom is -0.508 e. The fourth-order valence-electron chi connectivity index (χ4n) is 6.19. The number of nitrogens with two attached hydrogens (primary N) is 1. The molecule has 276 valence electrons.